The van der Waals surface area contributed by atoms with Gasteiger partial charge in [-0.1, -0.05) is 11.8 Å². The summed E-state index contributed by atoms with van der Waals surface area (Å²) < 4.78 is 2.00. The number of alkyl halides is 1. The zero-order valence-corrected chi connectivity index (χ0v) is 7.54. The second-order valence-corrected chi connectivity index (χ2v) is 2.97. The summed E-state index contributed by atoms with van der Waals surface area (Å²) in [7, 11) is 1.97. The van der Waals surface area contributed by atoms with Gasteiger partial charge in [-0.2, -0.15) is 0 Å². The standard InChI is InChI=1S/C6H9ClN2S/c1-9-5(3-7)4-8-6(9)10-2/h4H,3H2,1-2H3. The van der Waals surface area contributed by atoms with Gasteiger partial charge in [-0.3, -0.25) is 0 Å². The van der Waals surface area contributed by atoms with Crippen LogP contribution in [0.15, 0.2) is 11.4 Å². The molecule has 0 fully saturated rings. The Hall–Kier alpha value is -0.150. The Morgan fingerprint density at radius 3 is 2.80 bits per heavy atom. The summed E-state index contributed by atoms with van der Waals surface area (Å²) in [6.45, 7) is 0. The lowest BCUT2D eigenvalue weighted by Crippen LogP contribution is -1.94. The molecule has 1 aromatic rings. The van der Waals surface area contributed by atoms with Gasteiger partial charge in [0.05, 0.1) is 17.8 Å². The highest BCUT2D eigenvalue weighted by Crippen LogP contribution is 2.14. The zero-order valence-electron chi connectivity index (χ0n) is 5.97. The van der Waals surface area contributed by atoms with Gasteiger partial charge in [0, 0.05) is 7.05 Å². The third-order valence-electron chi connectivity index (χ3n) is 1.36. The number of nitrogens with zero attached hydrogens (tertiary/aromatic N) is 2. The third-order valence-corrected chi connectivity index (χ3v) is 2.38. The third kappa shape index (κ3) is 1.30. The van der Waals surface area contributed by atoms with E-state index >= 15 is 0 Å². The SMILES string of the molecule is CSc1ncc(CCl)n1C. The zero-order chi connectivity index (χ0) is 7.56. The van der Waals surface area contributed by atoms with Crippen LogP contribution in [-0.2, 0) is 12.9 Å². The molecule has 0 aliphatic carbocycles. The number of hydrogen-bond acceptors (Lipinski definition) is 2. The fourth-order valence-corrected chi connectivity index (χ4v) is 1.54. The van der Waals surface area contributed by atoms with Gasteiger partial charge in [0.15, 0.2) is 5.16 Å². The maximum Gasteiger partial charge on any atom is 0.167 e. The first-order valence-electron chi connectivity index (χ1n) is 2.90. The molecule has 0 atom stereocenters. The number of hydrogen-bond donors (Lipinski definition) is 0. The molecule has 1 rings (SSSR count). The monoisotopic (exact) mass is 176 g/mol. The van der Waals surface area contributed by atoms with E-state index in [0.29, 0.717) is 5.88 Å². The van der Waals surface area contributed by atoms with Crippen LogP contribution in [0.1, 0.15) is 5.69 Å². The average molecular weight is 177 g/mol. The van der Waals surface area contributed by atoms with E-state index < -0.39 is 0 Å². The van der Waals surface area contributed by atoms with Crippen LogP contribution in [0, 0.1) is 0 Å². The van der Waals surface area contributed by atoms with Crippen LogP contribution in [0.2, 0.25) is 0 Å². The predicted octanol–water partition coefficient (Wildman–Crippen LogP) is 1.88. The van der Waals surface area contributed by atoms with Gasteiger partial charge >= 0.3 is 0 Å². The Labute approximate surface area is 69.6 Å². The molecule has 0 spiro atoms. The van der Waals surface area contributed by atoms with Crippen LogP contribution in [0.25, 0.3) is 0 Å². The van der Waals surface area contributed by atoms with Crippen LogP contribution in [-0.4, -0.2) is 15.8 Å². The minimum Gasteiger partial charge on any atom is -0.325 e. The molecule has 1 heterocycles. The normalized spacial score (nSPS) is 10.3. The molecule has 2 nitrogen and oxygen atoms in total. The molecule has 4 heteroatoms. The lowest BCUT2D eigenvalue weighted by atomic mass is 10.5. The first-order valence-corrected chi connectivity index (χ1v) is 4.66. The molecule has 10 heavy (non-hydrogen) atoms. The molecule has 0 amide bonds. The first kappa shape index (κ1) is 7.95. The molecule has 0 radical (unpaired) electrons. The average Bonchev–Trinajstić information content (AvgIpc) is 2.30. The molecule has 0 unspecified atom stereocenters. The molecule has 0 bridgehead atoms. The van der Waals surface area contributed by atoms with Crippen molar-refractivity contribution in [2.75, 3.05) is 6.26 Å². The van der Waals surface area contributed by atoms with Crippen molar-refractivity contribution in [2.45, 2.75) is 11.0 Å². The Kier molecular flexibility index (Phi) is 2.63. The smallest absolute Gasteiger partial charge is 0.167 e. The van der Waals surface area contributed by atoms with E-state index in [1.54, 1.807) is 18.0 Å². The Balaban J connectivity index is 2.97. The molecule has 0 aliphatic heterocycles. The van der Waals surface area contributed by atoms with E-state index in [2.05, 4.69) is 4.98 Å². The van der Waals surface area contributed by atoms with Gasteiger partial charge in [0.1, 0.15) is 0 Å². The molecule has 0 N–H and O–H groups in total. The van der Waals surface area contributed by atoms with Gasteiger partial charge in [0.2, 0.25) is 0 Å². The van der Waals surface area contributed by atoms with Crippen molar-refractivity contribution in [2.24, 2.45) is 7.05 Å². The number of halogens is 1. The molecule has 0 aliphatic rings. The summed E-state index contributed by atoms with van der Waals surface area (Å²) in [6, 6.07) is 0. The largest absolute Gasteiger partial charge is 0.325 e. The Morgan fingerprint density at radius 1 is 1.80 bits per heavy atom. The van der Waals surface area contributed by atoms with Crippen LogP contribution in [0.4, 0.5) is 0 Å². The van der Waals surface area contributed by atoms with E-state index in [0.717, 1.165) is 10.9 Å². The number of aromatic nitrogens is 2. The van der Waals surface area contributed by atoms with E-state index in [9.17, 15) is 0 Å². The maximum atomic E-state index is 5.63. The predicted molar refractivity (Wildman–Crippen MR) is 44.5 cm³/mol. The van der Waals surface area contributed by atoms with E-state index in [4.69, 9.17) is 11.6 Å². The highest BCUT2D eigenvalue weighted by atomic mass is 35.5. The summed E-state index contributed by atoms with van der Waals surface area (Å²) in [4.78, 5) is 4.15. The van der Waals surface area contributed by atoms with Gasteiger partial charge in [-0.05, 0) is 6.26 Å². The van der Waals surface area contributed by atoms with Gasteiger partial charge in [-0.15, -0.1) is 11.6 Å². The van der Waals surface area contributed by atoms with Crippen LogP contribution in [0.5, 0.6) is 0 Å². The second kappa shape index (κ2) is 3.30. The summed E-state index contributed by atoms with van der Waals surface area (Å²) in [5.41, 5.74) is 1.06. The molecular weight excluding hydrogens is 168 g/mol. The minimum atomic E-state index is 0.532. The Morgan fingerprint density at radius 2 is 2.50 bits per heavy atom. The maximum absolute atomic E-state index is 5.63. The summed E-state index contributed by atoms with van der Waals surface area (Å²) in [5.74, 6) is 0.532. The highest BCUT2D eigenvalue weighted by molar-refractivity contribution is 7.98. The first-order chi connectivity index (χ1) is 4.79. The fraction of sp³-hybridized carbons (Fsp3) is 0.500. The van der Waals surface area contributed by atoms with E-state index in [1.807, 2.05) is 17.9 Å². The van der Waals surface area contributed by atoms with Crippen molar-refractivity contribution in [1.82, 2.24) is 9.55 Å². The van der Waals surface area contributed by atoms with Crippen LogP contribution in [0.3, 0.4) is 0 Å². The number of imidazole rings is 1. The van der Waals surface area contributed by atoms with Crippen molar-refractivity contribution < 1.29 is 0 Å². The molecule has 1 aromatic heterocycles. The fourth-order valence-electron chi connectivity index (χ4n) is 0.740. The summed E-state index contributed by atoms with van der Waals surface area (Å²) >= 11 is 7.26. The molecule has 56 valence electrons. The van der Waals surface area contributed by atoms with Crippen molar-refractivity contribution in [3.8, 4) is 0 Å². The second-order valence-electron chi connectivity index (χ2n) is 1.93. The quantitative estimate of drug-likeness (QED) is 0.506. The van der Waals surface area contributed by atoms with Crippen LogP contribution < -0.4 is 0 Å². The highest BCUT2D eigenvalue weighted by Gasteiger charge is 2.02. The van der Waals surface area contributed by atoms with Gasteiger partial charge in [-0.25, -0.2) is 4.98 Å². The van der Waals surface area contributed by atoms with E-state index in [1.165, 1.54) is 0 Å². The van der Waals surface area contributed by atoms with Crippen molar-refractivity contribution in [3.05, 3.63) is 11.9 Å². The van der Waals surface area contributed by atoms with Crippen molar-refractivity contribution in [3.63, 3.8) is 0 Å². The number of thioether (sulfide) groups is 1. The van der Waals surface area contributed by atoms with Crippen LogP contribution >= 0.6 is 23.4 Å². The van der Waals surface area contributed by atoms with Gasteiger partial charge in [0.25, 0.3) is 0 Å². The lowest BCUT2D eigenvalue weighted by Gasteiger charge is -1.98. The van der Waals surface area contributed by atoms with E-state index in [-0.39, 0.29) is 0 Å². The lowest BCUT2D eigenvalue weighted by molar-refractivity contribution is 0.762. The minimum absolute atomic E-state index is 0.532. The Bertz CT molecular complexity index is 200. The molecule has 0 saturated heterocycles. The molecular formula is C6H9ClN2S. The number of rotatable bonds is 2. The van der Waals surface area contributed by atoms with Gasteiger partial charge < -0.3 is 4.57 Å². The van der Waals surface area contributed by atoms with Crippen molar-refractivity contribution in [1.29, 1.82) is 0 Å². The summed E-state index contributed by atoms with van der Waals surface area (Å²) in [6.07, 6.45) is 3.80. The topological polar surface area (TPSA) is 17.8 Å². The van der Waals surface area contributed by atoms with Crippen molar-refractivity contribution >= 4 is 23.4 Å². The molecule has 0 aromatic carbocycles. The summed E-state index contributed by atoms with van der Waals surface area (Å²) in [5, 5.41) is 1.01. The molecule has 0 saturated carbocycles.